The monoisotopic (exact) mass is 285 g/mol. The van der Waals surface area contributed by atoms with E-state index in [1.165, 1.54) is 4.90 Å². The Balaban J connectivity index is 2.82. The molecular weight excluding hydrogens is 262 g/mol. The van der Waals surface area contributed by atoms with Gasteiger partial charge in [0.25, 0.3) is 0 Å². The fraction of sp³-hybridized carbons (Fsp3) is 0.769. The number of primary amides is 1. The third kappa shape index (κ3) is 3.85. The summed E-state index contributed by atoms with van der Waals surface area (Å²) < 4.78 is 0. The van der Waals surface area contributed by atoms with Crippen LogP contribution in [0.15, 0.2) is 0 Å². The van der Waals surface area contributed by atoms with Crippen LogP contribution < -0.4 is 11.1 Å². The van der Waals surface area contributed by atoms with E-state index >= 15 is 0 Å². The van der Waals surface area contributed by atoms with Gasteiger partial charge in [-0.05, 0) is 24.7 Å². The Kier molecular flexibility index (Phi) is 4.97. The van der Waals surface area contributed by atoms with Crippen molar-refractivity contribution in [2.24, 2.45) is 11.1 Å². The number of carbonyl (C=O) groups excluding carboxylic acids is 2. The van der Waals surface area contributed by atoms with Crippen LogP contribution in [0.5, 0.6) is 0 Å². The van der Waals surface area contributed by atoms with Gasteiger partial charge in [-0.1, -0.05) is 20.8 Å². The third-order valence-corrected chi connectivity index (χ3v) is 3.47. The molecule has 7 nitrogen and oxygen atoms in total. The number of amides is 3. The minimum atomic E-state index is -1.10. The smallest absolute Gasteiger partial charge is 0.326 e. The molecule has 1 aliphatic heterocycles. The summed E-state index contributed by atoms with van der Waals surface area (Å²) in [6.07, 6.45) is 2.14. The number of hydrogen-bond donors (Lipinski definition) is 3. The molecule has 3 amide bonds. The van der Waals surface area contributed by atoms with Crippen LogP contribution in [-0.4, -0.2) is 46.5 Å². The van der Waals surface area contributed by atoms with Crippen LogP contribution in [0.3, 0.4) is 0 Å². The Labute approximate surface area is 118 Å². The van der Waals surface area contributed by atoms with E-state index in [2.05, 4.69) is 5.32 Å². The Bertz CT molecular complexity index is 403. The molecule has 0 aromatic heterocycles. The van der Waals surface area contributed by atoms with Crippen molar-refractivity contribution in [2.45, 2.75) is 52.1 Å². The van der Waals surface area contributed by atoms with Crippen molar-refractivity contribution in [1.82, 2.24) is 10.2 Å². The first-order valence-corrected chi connectivity index (χ1v) is 6.74. The van der Waals surface area contributed by atoms with Crippen LogP contribution >= 0.6 is 0 Å². The average Bonchev–Trinajstić information content (AvgIpc) is 2.33. The molecule has 1 unspecified atom stereocenters. The van der Waals surface area contributed by atoms with Gasteiger partial charge >= 0.3 is 12.0 Å². The van der Waals surface area contributed by atoms with E-state index < -0.39 is 35.4 Å². The Hall–Kier alpha value is -1.79. The Morgan fingerprint density at radius 1 is 1.30 bits per heavy atom. The summed E-state index contributed by atoms with van der Waals surface area (Å²) in [5.41, 5.74) is 4.67. The molecule has 20 heavy (non-hydrogen) atoms. The summed E-state index contributed by atoms with van der Waals surface area (Å²) in [5, 5.41) is 11.7. The molecule has 0 aliphatic carbocycles. The maximum atomic E-state index is 12.2. The molecule has 0 bridgehead atoms. The third-order valence-electron chi connectivity index (χ3n) is 3.47. The van der Waals surface area contributed by atoms with E-state index in [0.717, 1.165) is 12.8 Å². The minimum absolute atomic E-state index is 0.413. The second kappa shape index (κ2) is 6.11. The topological polar surface area (TPSA) is 113 Å². The van der Waals surface area contributed by atoms with E-state index in [-0.39, 0.29) is 0 Å². The highest BCUT2D eigenvalue weighted by molar-refractivity contribution is 5.88. The van der Waals surface area contributed by atoms with Crippen LogP contribution in [0.4, 0.5) is 4.79 Å². The first-order chi connectivity index (χ1) is 9.14. The summed E-state index contributed by atoms with van der Waals surface area (Å²) in [6.45, 7) is 5.60. The molecular formula is C13H23N3O4. The summed E-state index contributed by atoms with van der Waals surface area (Å²) >= 11 is 0. The summed E-state index contributed by atoms with van der Waals surface area (Å²) in [4.78, 5) is 36.2. The molecule has 114 valence electrons. The molecule has 0 radical (unpaired) electrons. The molecule has 7 heteroatoms. The van der Waals surface area contributed by atoms with Gasteiger partial charge in [0.1, 0.15) is 12.1 Å². The number of hydrogen-bond acceptors (Lipinski definition) is 3. The summed E-state index contributed by atoms with van der Waals surface area (Å²) in [5.74, 6) is -1.65. The molecule has 1 heterocycles. The largest absolute Gasteiger partial charge is 0.480 e. The minimum Gasteiger partial charge on any atom is -0.480 e. The van der Waals surface area contributed by atoms with Gasteiger partial charge in [-0.25, -0.2) is 9.59 Å². The number of likely N-dealkylation sites (tertiary alicyclic amines) is 1. The quantitative estimate of drug-likeness (QED) is 0.702. The highest BCUT2D eigenvalue weighted by atomic mass is 16.4. The number of piperidine rings is 1. The maximum absolute atomic E-state index is 12.2. The number of carbonyl (C=O) groups is 3. The lowest BCUT2D eigenvalue weighted by Gasteiger charge is -2.36. The van der Waals surface area contributed by atoms with Crippen molar-refractivity contribution >= 4 is 17.9 Å². The van der Waals surface area contributed by atoms with E-state index in [0.29, 0.717) is 13.0 Å². The van der Waals surface area contributed by atoms with Gasteiger partial charge in [0.2, 0.25) is 5.91 Å². The first kappa shape index (κ1) is 16.3. The number of urea groups is 1. The number of nitrogens with one attached hydrogen (secondary N) is 1. The van der Waals surface area contributed by atoms with E-state index in [1.54, 1.807) is 20.8 Å². The molecule has 4 N–H and O–H groups in total. The molecule has 1 saturated heterocycles. The van der Waals surface area contributed by atoms with Crippen molar-refractivity contribution in [3.8, 4) is 0 Å². The zero-order valence-electron chi connectivity index (χ0n) is 12.2. The molecule has 1 aliphatic rings. The van der Waals surface area contributed by atoms with Crippen LogP contribution in [0.2, 0.25) is 0 Å². The Morgan fingerprint density at radius 3 is 2.35 bits per heavy atom. The lowest BCUT2D eigenvalue weighted by atomic mass is 9.87. The molecule has 0 spiro atoms. The van der Waals surface area contributed by atoms with Crippen molar-refractivity contribution in [3.05, 3.63) is 0 Å². The SMILES string of the molecule is CC(C)(C)[C@H](NC(=O)N1CCCCC1C(N)=O)C(=O)O. The molecule has 1 fully saturated rings. The average molecular weight is 285 g/mol. The van der Waals surface area contributed by atoms with Crippen molar-refractivity contribution < 1.29 is 19.5 Å². The second-order valence-corrected chi connectivity index (χ2v) is 6.19. The fourth-order valence-corrected chi connectivity index (χ4v) is 2.33. The molecule has 0 aromatic carbocycles. The van der Waals surface area contributed by atoms with Gasteiger partial charge in [-0.3, -0.25) is 4.79 Å². The summed E-state index contributed by atoms with van der Waals surface area (Å²) in [6, 6.07) is -2.22. The zero-order chi connectivity index (χ0) is 15.5. The first-order valence-electron chi connectivity index (χ1n) is 6.74. The van der Waals surface area contributed by atoms with Crippen LogP contribution in [0.1, 0.15) is 40.0 Å². The molecule has 1 rings (SSSR count). The highest BCUT2D eigenvalue weighted by Crippen LogP contribution is 2.21. The maximum Gasteiger partial charge on any atom is 0.326 e. The van der Waals surface area contributed by atoms with Gasteiger partial charge in [0, 0.05) is 6.54 Å². The highest BCUT2D eigenvalue weighted by Gasteiger charge is 2.37. The van der Waals surface area contributed by atoms with Gasteiger partial charge in [-0.15, -0.1) is 0 Å². The molecule has 2 atom stereocenters. The zero-order valence-corrected chi connectivity index (χ0v) is 12.2. The van der Waals surface area contributed by atoms with Gasteiger partial charge in [-0.2, -0.15) is 0 Å². The fourth-order valence-electron chi connectivity index (χ4n) is 2.33. The predicted octanol–water partition coefficient (Wildman–Crippen LogP) is 0.535. The summed E-state index contributed by atoms with van der Waals surface area (Å²) in [7, 11) is 0. The number of nitrogens with two attached hydrogens (primary N) is 1. The van der Waals surface area contributed by atoms with Crippen molar-refractivity contribution in [2.75, 3.05) is 6.54 Å². The van der Waals surface area contributed by atoms with Crippen molar-refractivity contribution in [1.29, 1.82) is 0 Å². The molecule has 0 aromatic rings. The van der Waals surface area contributed by atoms with Gasteiger partial charge in [0.05, 0.1) is 0 Å². The van der Waals surface area contributed by atoms with Gasteiger partial charge in [0.15, 0.2) is 0 Å². The van der Waals surface area contributed by atoms with Gasteiger partial charge < -0.3 is 21.1 Å². The van der Waals surface area contributed by atoms with E-state index in [9.17, 15) is 19.5 Å². The lowest BCUT2D eigenvalue weighted by molar-refractivity contribution is -0.142. The predicted molar refractivity (Wildman–Crippen MR) is 72.9 cm³/mol. The normalized spacial score (nSPS) is 21.1. The second-order valence-electron chi connectivity index (χ2n) is 6.19. The standard InChI is InChI=1S/C13H23N3O4/c1-13(2,3)9(11(18)19)15-12(20)16-7-5-4-6-8(16)10(14)17/h8-9H,4-7H2,1-3H3,(H2,14,17)(H,15,20)(H,18,19)/t8?,9-/m1/s1. The van der Waals surface area contributed by atoms with Crippen molar-refractivity contribution in [3.63, 3.8) is 0 Å². The van der Waals surface area contributed by atoms with E-state index in [1.807, 2.05) is 0 Å². The number of carboxylic acid groups (broad SMARTS) is 1. The number of rotatable bonds is 3. The Morgan fingerprint density at radius 2 is 1.90 bits per heavy atom. The number of carboxylic acids is 1. The number of nitrogens with zero attached hydrogens (tertiary/aromatic N) is 1. The van der Waals surface area contributed by atoms with Crippen LogP contribution in [0.25, 0.3) is 0 Å². The lowest BCUT2D eigenvalue weighted by Crippen LogP contribution is -2.58. The van der Waals surface area contributed by atoms with Crippen LogP contribution in [-0.2, 0) is 9.59 Å². The van der Waals surface area contributed by atoms with Crippen LogP contribution in [0, 0.1) is 5.41 Å². The van der Waals surface area contributed by atoms with E-state index in [4.69, 9.17) is 5.73 Å². The number of aliphatic carboxylic acids is 1. The molecule has 0 saturated carbocycles.